The predicted octanol–water partition coefficient (Wildman–Crippen LogP) is 4.05. The van der Waals surface area contributed by atoms with Crippen molar-refractivity contribution in [2.75, 3.05) is 4.90 Å². The van der Waals surface area contributed by atoms with Crippen LogP contribution in [-0.4, -0.2) is 31.7 Å². The number of nitrogens with zero attached hydrogens (tertiary/aromatic N) is 4. The molecular weight excluding hydrogens is 416 g/mol. The van der Waals surface area contributed by atoms with Gasteiger partial charge in [0.05, 0.1) is 28.6 Å². The van der Waals surface area contributed by atoms with Crippen molar-refractivity contribution in [1.82, 2.24) is 14.8 Å². The summed E-state index contributed by atoms with van der Waals surface area (Å²) in [6.07, 6.45) is 7.38. The minimum absolute atomic E-state index is 0.0341. The SMILES string of the molecule is CCCn1cc(N2C(=O)[C@]3(Cc4ccc(Cl)cc42)Cc2cc(C(=O)O)cnc2C3)cn1. The number of rotatable bonds is 4. The highest BCUT2D eigenvalue weighted by Gasteiger charge is 2.51. The minimum Gasteiger partial charge on any atom is -0.478 e. The van der Waals surface area contributed by atoms with Gasteiger partial charge < -0.3 is 5.11 Å². The van der Waals surface area contributed by atoms with E-state index < -0.39 is 11.4 Å². The fourth-order valence-electron chi connectivity index (χ4n) is 4.75. The van der Waals surface area contributed by atoms with Crippen LogP contribution in [-0.2, 0) is 30.6 Å². The summed E-state index contributed by atoms with van der Waals surface area (Å²) in [7, 11) is 0. The van der Waals surface area contributed by atoms with Crippen LogP contribution in [0.5, 0.6) is 0 Å². The molecule has 1 spiro atoms. The number of aromatic nitrogens is 3. The molecule has 0 radical (unpaired) electrons. The molecular formula is C23H21ClN4O3. The summed E-state index contributed by atoms with van der Waals surface area (Å²) in [5.41, 5.74) is 3.55. The second-order valence-electron chi connectivity index (χ2n) is 8.32. The van der Waals surface area contributed by atoms with E-state index in [-0.39, 0.29) is 11.5 Å². The highest BCUT2D eigenvalue weighted by Crippen LogP contribution is 2.48. The van der Waals surface area contributed by atoms with Crippen LogP contribution in [0.3, 0.4) is 0 Å². The molecule has 1 N–H and O–H groups in total. The van der Waals surface area contributed by atoms with Gasteiger partial charge in [-0.15, -0.1) is 0 Å². The van der Waals surface area contributed by atoms with Gasteiger partial charge in [0.1, 0.15) is 0 Å². The highest BCUT2D eigenvalue weighted by atomic mass is 35.5. The molecule has 5 rings (SSSR count). The maximum atomic E-state index is 14.0. The third-order valence-electron chi connectivity index (χ3n) is 6.15. The number of aryl methyl sites for hydroxylation is 1. The predicted molar refractivity (Wildman–Crippen MR) is 116 cm³/mol. The fourth-order valence-corrected chi connectivity index (χ4v) is 4.92. The Kier molecular flexibility index (Phi) is 4.59. The Hall–Kier alpha value is -3.19. The molecule has 0 saturated heterocycles. The zero-order chi connectivity index (χ0) is 21.8. The first-order valence-corrected chi connectivity index (χ1v) is 10.6. The van der Waals surface area contributed by atoms with E-state index in [1.807, 2.05) is 29.1 Å². The minimum atomic E-state index is -1.02. The van der Waals surface area contributed by atoms with Gasteiger partial charge in [0, 0.05) is 36.1 Å². The summed E-state index contributed by atoms with van der Waals surface area (Å²) in [5.74, 6) is -1.05. The number of hydrogen-bond donors (Lipinski definition) is 1. The Morgan fingerprint density at radius 1 is 1.19 bits per heavy atom. The van der Waals surface area contributed by atoms with E-state index in [4.69, 9.17) is 11.6 Å². The van der Waals surface area contributed by atoms with Crippen molar-refractivity contribution in [1.29, 1.82) is 0 Å². The standard InChI is InChI=1S/C23H21ClN4O3/c1-2-5-27-13-18(12-26-27)28-20-7-17(24)4-3-14(20)8-23(22(28)31)9-15-6-16(21(29)30)11-25-19(15)10-23/h3-4,6-7,11-13H,2,5,8-10H2,1H3,(H,29,30)/t23-/m1/s1. The van der Waals surface area contributed by atoms with Crippen LogP contribution in [0.2, 0.25) is 5.02 Å². The molecule has 1 atom stereocenters. The Morgan fingerprint density at radius 2 is 2.00 bits per heavy atom. The largest absolute Gasteiger partial charge is 0.478 e. The molecule has 3 heterocycles. The molecule has 1 aliphatic carbocycles. The van der Waals surface area contributed by atoms with Crippen molar-refractivity contribution in [3.05, 3.63) is 70.3 Å². The third-order valence-corrected chi connectivity index (χ3v) is 6.38. The molecule has 8 heteroatoms. The van der Waals surface area contributed by atoms with Crippen molar-refractivity contribution in [2.45, 2.75) is 39.2 Å². The van der Waals surface area contributed by atoms with Gasteiger partial charge >= 0.3 is 5.97 Å². The van der Waals surface area contributed by atoms with Crippen LogP contribution in [0.15, 0.2) is 42.9 Å². The second kappa shape index (κ2) is 7.20. The fraction of sp³-hybridized carbons (Fsp3) is 0.304. The number of aromatic carboxylic acids is 1. The van der Waals surface area contributed by atoms with Gasteiger partial charge in [-0.2, -0.15) is 5.10 Å². The average Bonchev–Trinajstić information content (AvgIpc) is 3.34. The molecule has 0 bridgehead atoms. The van der Waals surface area contributed by atoms with Crippen LogP contribution in [0.25, 0.3) is 0 Å². The van der Waals surface area contributed by atoms with Gasteiger partial charge in [0.25, 0.3) is 0 Å². The van der Waals surface area contributed by atoms with Gasteiger partial charge in [-0.25, -0.2) is 4.79 Å². The van der Waals surface area contributed by atoms with Crippen LogP contribution in [0.4, 0.5) is 11.4 Å². The second-order valence-corrected chi connectivity index (χ2v) is 8.76. The van der Waals surface area contributed by atoms with Crippen molar-refractivity contribution in [3.63, 3.8) is 0 Å². The maximum Gasteiger partial charge on any atom is 0.337 e. The summed E-state index contributed by atoms with van der Waals surface area (Å²) in [4.78, 5) is 31.5. The first kappa shape index (κ1) is 19.8. The molecule has 3 aromatic rings. The number of anilines is 2. The number of carbonyl (C=O) groups excluding carboxylic acids is 1. The number of carboxylic acid groups (broad SMARTS) is 1. The molecule has 0 unspecified atom stereocenters. The molecule has 0 saturated carbocycles. The van der Waals surface area contributed by atoms with Crippen molar-refractivity contribution in [2.24, 2.45) is 5.41 Å². The number of fused-ring (bicyclic) bond motifs is 2. The molecule has 0 fully saturated rings. The van der Waals surface area contributed by atoms with Gasteiger partial charge in [-0.1, -0.05) is 24.6 Å². The first-order valence-electron chi connectivity index (χ1n) is 10.3. The van der Waals surface area contributed by atoms with E-state index in [1.54, 1.807) is 17.2 Å². The van der Waals surface area contributed by atoms with Crippen LogP contribution >= 0.6 is 11.6 Å². The number of carboxylic acids is 1. The molecule has 1 aliphatic heterocycles. The third kappa shape index (κ3) is 3.20. The quantitative estimate of drug-likeness (QED) is 0.666. The lowest BCUT2D eigenvalue weighted by Crippen LogP contribution is -2.47. The van der Waals surface area contributed by atoms with Gasteiger partial charge in [-0.3, -0.25) is 19.4 Å². The van der Waals surface area contributed by atoms with E-state index in [0.717, 1.165) is 35.5 Å². The van der Waals surface area contributed by atoms with Crippen LogP contribution in [0, 0.1) is 5.41 Å². The van der Waals surface area contributed by atoms with Gasteiger partial charge in [-0.05, 0) is 48.6 Å². The maximum absolute atomic E-state index is 14.0. The summed E-state index contributed by atoms with van der Waals surface area (Å²) < 4.78 is 1.83. The molecule has 2 aromatic heterocycles. The molecule has 31 heavy (non-hydrogen) atoms. The van der Waals surface area contributed by atoms with E-state index in [0.29, 0.717) is 30.0 Å². The monoisotopic (exact) mass is 436 g/mol. The number of halogens is 1. The Bertz CT molecular complexity index is 1220. The lowest BCUT2D eigenvalue weighted by atomic mass is 9.74. The Labute approximate surface area is 184 Å². The summed E-state index contributed by atoms with van der Waals surface area (Å²) in [5, 5.41) is 14.3. The smallest absolute Gasteiger partial charge is 0.337 e. The van der Waals surface area contributed by atoms with Crippen molar-refractivity contribution in [3.8, 4) is 0 Å². The zero-order valence-electron chi connectivity index (χ0n) is 17.0. The highest BCUT2D eigenvalue weighted by molar-refractivity contribution is 6.31. The summed E-state index contributed by atoms with van der Waals surface area (Å²) >= 11 is 6.28. The molecule has 7 nitrogen and oxygen atoms in total. The molecule has 1 aromatic carbocycles. The molecule has 1 amide bonds. The molecule has 2 aliphatic rings. The summed E-state index contributed by atoms with van der Waals surface area (Å²) in [6.45, 7) is 2.84. The van der Waals surface area contributed by atoms with Crippen molar-refractivity contribution >= 4 is 34.9 Å². The number of pyridine rings is 1. The topological polar surface area (TPSA) is 88.3 Å². The zero-order valence-corrected chi connectivity index (χ0v) is 17.8. The number of hydrogen-bond acceptors (Lipinski definition) is 4. The number of benzene rings is 1. The number of carbonyl (C=O) groups is 2. The Balaban J connectivity index is 1.60. The van der Waals surface area contributed by atoms with Crippen molar-refractivity contribution < 1.29 is 14.7 Å². The number of amides is 1. The van der Waals surface area contributed by atoms with Gasteiger partial charge in [0.2, 0.25) is 5.91 Å². The lowest BCUT2D eigenvalue weighted by molar-refractivity contribution is -0.127. The summed E-state index contributed by atoms with van der Waals surface area (Å²) in [6, 6.07) is 7.27. The van der Waals surface area contributed by atoms with E-state index in [2.05, 4.69) is 17.0 Å². The molecule has 158 valence electrons. The average molecular weight is 437 g/mol. The van der Waals surface area contributed by atoms with E-state index >= 15 is 0 Å². The van der Waals surface area contributed by atoms with E-state index in [1.165, 1.54) is 6.20 Å². The van der Waals surface area contributed by atoms with Gasteiger partial charge in [0.15, 0.2) is 0 Å². The van der Waals surface area contributed by atoms with E-state index in [9.17, 15) is 14.7 Å². The normalized spacial score (nSPS) is 19.5. The Morgan fingerprint density at radius 3 is 2.77 bits per heavy atom. The first-order chi connectivity index (χ1) is 14.9. The van der Waals surface area contributed by atoms with Crippen LogP contribution in [0.1, 0.15) is 40.5 Å². The van der Waals surface area contributed by atoms with Crippen LogP contribution < -0.4 is 4.90 Å². The lowest BCUT2D eigenvalue weighted by Gasteiger charge is -2.40.